The lowest BCUT2D eigenvalue weighted by atomic mass is 10.0. The topological polar surface area (TPSA) is 88.5 Å². The fraction of sp³-hybridized carbons (Fsp3) is 0.0909. The van der Waals surface area contributed by atoms with Crippen LogP contribution >= 0.6 is 0 Å². The quantitative estimate of drug-likeness (QED) is 0.465. The van der Waals surface area contributed by atoms with Gasteiger partial charge in [-0.05, 0) is 29.8 Å². The summed E-state index contributed by atoms with van der Waals surface area (Å²) in [6, 6.07) is 13.7. The van der Waals surface area contributed by atoms with Crippen LogP contribution in [0.3, 0.4) is 0 Å². The van der Waals surface area contributed by atoms with Gasteiger partial charge in [0, 0.05) is 42.0 Å². The zero-order valence-corrected chi connectivity index (χ0v) is 15.8. The van der Waals surface area contributed by atoms with Gasteiger partial charge in [-0.3, -0.25) is 14.5 Å². The first-order chi connectivity index (χ1) is 14.2. The van der Waals surface area contributed by atoms with E-state index in [-0.39, 0.29) is 5.56 Å². The van der Waals surface area contributed by atoms with Gasteiger partial charge < -0.3 is 10.3 Å². The molecule has 0 unspecified atom stereocenters. The zero-order chi connectivity index (χ0) is 19.8. The van der Waals surface area contributed by atoms with Gasteiger partial charge in [0.05, 0.1) is 29.3 Å². The summed E-state index contributed by atoms with van der Waals surface area (Å²) < 4.78 is 1.76. The van der Waals surface area contributed by atoms with E-state index < -0.39 is 0 Å². The molecule has 1 aromatic carbocycles. The maximum atomic E-state index is 12.6. The van der Waals surface area contributed by atoms with Gasteiger partial charge in [-0.15, -0.1) is 0 Å². The molecular formula is C22H18N6O. The minimum absolute atomic E-state index is 0.153. The van der Waals surface area contributed by atoms with Crippen LogP contribution < -0.4 is 10.9 Å². The molecule has 0 bridgehead atoms. The number of hydrogen-bond donors (Lipinski definition) is 2. The van der Waals surface area contributed by atoms with Crippen molar-refractivity contribution in [1.82, 2.24) is 24.7 Å². The molecule has 29 heavy (non-hydrogen) atoms. The number of hydrogen-bond acceptors (Lipinski definition) is 5. The predicted octanol–water partition coefficient (Wildman–Crippen LogP) is 3.48. The lowest BCUT2D eigenvalue weighted by Crippen LogP contribution is -2.09. The van der Waals surface area contributed by atoms with Crippen molar-refractivity contribution in [2.45, 2.75) is 6.54 Å². The molecule has 0 atom stereocenters. The SMILES string of the molecule is Cn1cc(-c2ccc3c(NCc4ccccn4)nc4cc[nH]c(=O)c4c3c2)cn1. The Morgan fingerprint density at radius 1 is 1.10 bits per heavy atom. The average Bonchev–Trinajstić information content (AvgIpc) is 3.18. The van der Waals surface area contributed by atoms with Gasteiger partial charge in [0.2, 0.25) is 0 Å². The van der Waals surface area contributed by atoms with Gasteiger partial charge in [-0.2, -0.15) is 5.10 Å². The third-order valence-electron chi connectivity index (χ3n) is 4.92. The van der Waals surface area contributed by atoms with Crippen molar-refractivity contribution < 1.29 is 0 Å². The summed E-state index contributed by atoms with van der Waals surface area (Å²) in [6.45, 7) is 0.544. The number of benzene rings is 1. The molecule has 0 aliphatic rings. The Kier molecular flexibility index (Phi) is 4.05. The number of nitrogens with one attached hydrogen (secondary N) is 2. The Morgan fingerprint density at radius 2 is 2.03 bits per heavy atom. The summed E-state index contributed by atoms with van der Waals surface area (Å²) in [5.41, 5.74) is 3.40. The summed E-state index contributed by atoms with van der Waals surface area (Å²) in [7, 11) is 1.88. The van der Waals surface area contributed by atoms with E-state index in [0.717, 1.165) is 33.4 Å². The molecule has 0 radical (unpaired) electrons. The molecule has 0 amide bonds. The predicted molar refractivity (Wildman–Crippen MR) is 114 cm³/mol. The van der Waals surface area contributed by atoms with E-state index in [0.29, 0.717) is 17.4 Å². The first-order valence-electron chi connectivity index (χ1n) is 9.27. The summed E-state index contributed by atoms with van der Waals surface area (Å²) in [5, 5.41) is 9.94. The molecular weight excluding hydrogens is 364 g/mol. The Hall–Kier alpha value is -4.00. The van der Waals surface area contributed by atoms with E-state index in [1.54, 1.807) is 17.1 Å². The molecule has 7 nitrogen and oxygen atoms in total. The van der Waals surface area contributed by atoms with Crippen LogP contribution in [0.1, 0.15) is 5.69 Å². The standard InChI is InChI=1S/C22H18N6O/c1-28-13-15(11-26-28)14-5-6-17-18(10-14)20-19(7-9-24-22(20)29)27-21(17)25-12-16-4-2-3-8-23-16/h2-11,13H,12H2,1H3,(H,24,29)(H,25,27). The third-order valence-corrected chi connectivity index (χ3v) is 4.92. The number of nitrogens with zero attached hydrogens (tertiary/aromatic N) is 4. The molecule has 0 spiro atoms. The van der Waals surface area contributed by atoms with Crippen LogP contribution in [0, 0.1) is 0 Å². The smallest absolute Gasteiger partial charge is 0.258 e. The molecule has 5 aromatic rings. The van der Waals surface area contributed by atoms with Crippen molar-refractivity contribution in [3.8, 4) is 11.1 Å². The van der Waals surface area contributed by atoms with Crippen molar-refractivity contribution >= 4 is 27.5 Å². The molecule has 2 N–H and O–H groups in total. The van der Waals surface area contributed by atoms with Gasteiger partial charge in [0.25, 0.3) is 5.56 Å². The van der Waals surface area contributed by atoms with Crippen LogP contribution in [0.25, 0.3) is 32.8 Å². The highest BCUT2D eigenvalue weighted by molar-refractivity contribution is 6.10. The highest BCUT2D eigenvalue weighted by atomic mass is 16.1. The summed E-state index contributed by atoms with van der Waals surface area (Å²) >= 11 is 0. The van der Waals surface area contributed by atoms with Crippen LogP contribution in [0.4, 0.5) is 5.82 Å². The maximum Gasteiger partial charge on any atom is 0.258 e. The van der Waals surface area contributed by atoms with Crippen LogP contribution in [0.5, 0.6) is 0 Å². The second-order valence-electron chi connectivity index (χ2n) is 6.87. The van der Waals surface area contributed by atoms with Gasteiger partial charge in [-0.25, -0.2) is 4.98 Å². The molecule has 142 valence electrons. The minimum Gasteiger partial charge on any atom is -0.364 e. The van der Waals surface area contributed by atoms with Crippen molar-refractivity contribution in [2.75, 3.05) is 5.32 Å². The van der Waals surface area contributed by atoms with E-state index in [1.807, 2.05) is 61.9 Å². The summed E-state index contributed by atoms with van der Waals surface area (Å²) in [4.78, 5) is 24.4. The first kappa shape index (κ1) is 17.1. The van der Waals surface area contributed by atoms with Gasteiger partial charge in [-0.1, -0.05) is 18.2 Å². The highest BCUT2D eigenvalue weighted by Crippen LogP contribution is 2.31. The normalized spacial score (nSPS) is 11.2. The average molecular weight is 382 g/mol. The number of H-pyrrole nitrogens is 1. The molecule has 0 fully saturated rings. The van der Waals surface area contributed by atoms with E-state index in [1.165, 1.54) is 0 Å². The number of rotatable bonds is 4. The van der Waals surface area contributed by atoms with Gasteiger partial charge >= 0.3 is 0 Å². The summed E-state index contributed by atoms with van der Waals surface area (Å²) in [5.74, 6) is 0.724. The van der Waals surface area contributed by atoms with Crippen LogP contribution in [0.2, 0.25) is 0 Å². The van der Waals surface area contributed by atoms with E-state index in [9.17, 15) is 4.79 Å². The van der Waals surface area contributed by atoms with Crippen LogP contribution in [-0.2, 0) is 13.6 Å². The largest absolute Gasteiger partial charge is 0.364 e. The van der Waals surface area contributed by atoms with Crippen molar-refractivity contribution in [3.63, 3.8) is 0 Å². The first-order valence-corrected chi connectivity index (χ1v) is 9.27. The van der Waals surface area contributed by atoms with Crippen LogP contribution in [0.15, 0.2) is 72.0 Å². The number of fused-ring (bicyclic) bond motifs is 3. The number of anilines is 1. The Labute approximate surface area is 166 Å². The third kappa shape index (κ3) is 3.12. The van der Waals surface area contributed by atoms with Gasteiger partial charge in [0.15, 0.2) is 0 Å². The number of pyridine rings is 3. The molecule has 5 rings (SSSR count). The van der Waals surface area contributed by atoms with Gasteiger partial charge in [0.1, 0.15) is 5.82 Å². The van der Waals surface area contributed by atoms with E-state index in [2.05, 4.69) is 20.4 Å². The zero-order valence-electron chi connectivity index (χ0n) is 15.8. The van der Waals surface area contributed by atoms with E-state index >= 15 is 0 Å². The Bertz CT molecular complexity index is 1390. The molecule has 0 aliphatic carbocycles. The molecule has 4 heterocycles. The number of aromatic nitrogens is 5. The Morgan fingerprint density at radius 3 is 2.83 bits per heavy atom. The van der Waals surface area contributed by atoms with Crippen molar-refractivity contribution in [2.24, 2.45) is 7.05 Å². The lowest BCUT2D eigenvalue weighted by Gasteiger charge is -2.12. The maximum absolute atomic E-state index is 12.6. The fourth-order valence-electron chi connectivity index (χ4n) is 3.52. The second-order valence-corrected chi connectivity index (χ2v) is 6.87. The van der Waals surface area contributed by atoms with Crippen molar-refractivity contribution in [3.05, 3.63) is 83.3 Å². The minimum atomic E-state index is -0.153. The van der Waals surface area contributed by atoms with E-state index in [4.69, 9.17) is 4.98 Å². The monoisotopic (exact) mass is 382 g/mol. The second kappa shape index (κ2) is 6.87. The fourth-order valence-corrected chi connectivity index (χ4v) is 3.52. The summed E-state index contributed by atoms with van der Waals surface area (Å²) in [6.07, 6.45) is 7.16. The number of aryl methyl sites for hydroxylation is 1. The molecule has 7 heteroatoms. The molecule has 4 aromatic heterocycles. The lowest BCUT2D eigenvalue weighted by molar-refractivity contribution is 0.768. The Balaban J connectivity index is 1.69. The molecule has 0 saturated carbocycles. The van der Waals surface area contributed by atoms with Crippen molar-refractivity contribution in [1.29, 1.82) is 0 Å². The highest BCUT2D eigenvalue weighted by Gasteiger charge is 2.13. The molecule has 0 aliphatic heterocycles. The van der Waals surface area contributed by atoms with Crippen LogP contribution in [-0.4, -0.2) is 24.7 Å². The molecule has 0 saturated heterocycles. The number of aromatic amines is 1.